The van der Waals surface area contributed by atoms with Crippen LogP contribution in [0.5, 0.6) is 0 Å². The van der Waals surface area contributed by atoms with Crippen molar-refractivity contribution < 1.29 is 19.1 Å². The molecule has 0 aliphatic rings. The molecule has 0 fully saturated rings. The number of aromatic nitrogens is 3. The van der Waals surface area contributed by atoms with E-state index in [2.05, 4.69) is 20.9 Å². The average Bonchev–Trinajstić information content (AvgIpc) is 2.81. The summed E-state index contributed by atoms with van der Waals surface area (Å²) in [6, 6.07) is 10.7. The third kappa shape index (κ3) is 5.75. The largest absolute Gasteiger partial charge is 0.465 e. The Labute approximate surface area is 198 Å². The Morgan fingerprint density at radius 2 is 1.67 bits per heavy atom. The van der Waals surface area contributed by atoms with Crippen LogP contribution in [0.25, 0.3) is 11.0 Å². The van der Waals surface area contributed by atoms with Gasteiger partial charge < -0.3 is 9.47 Å². The Hall–Kier alpha value is -3.27. The van der Waals surface area contributed by atoms with Crippen LogP contribution in [0.15, 0.2) is 52.2 Å². The minimum atomic E-state index is -0.672. The summed E-state index contributed by atoms with van der Waals surface area (Å²) in [5, 5.41) is 0. The first-order valence-corrected chi connectivity index (χ1v) is 11.4. The molecule has 1 atom stereocenters. The van der Waals surface area contributed by atoms with Gasteiger partial charge in [-0.2, -0.15) is 0 Å². The van der Waals surface area contributed by atoms with E-state index in [0.717, 1.165) is 15.7 Å². The molecule has 0 radical (unpaired) electrons. The normalized spacial score (nSPS) is 11.8. The van der Waals surface area contributed by atoms with E-state index in [1.807, 2.05) is 24.3 Å². The molecule has 0 N–H and O–H groups in total. The number of alkyl halides is 1. The second-order valence-electron chi connectivity index (χ2n) is 7.18. The smallest absolute Gasteiger partial charge is 0.332 e. The first-order valence-electron chi connectivity index (χ1n) is 10.5. The Kier molecular flexibility index (Phi) is 8.16. The number of esters is 2. The number of hydrogen-bond acceptors (Lipinski definition) is 7. The molecule has 174 valence electrons. The number of ether oxygens (including phenoxy) is 2. The van der Waals surface area contributed by atoms with E-state index in [9.17, 15) is 19.2 Å². The molecule has 3 rings (SSSR count). The predicted molar refractivity (Wildman–Crippen MR) is 125 cm³/mol. The Morgan fingerprint density at radius 1 is 1.00 bits per heavy atom. The van der Waals surface area contributed by atoms with Crippen molar-refractivity contribution in [2.75, 3.05) is 13.2 Å². The number of carbonyl (C=O) groups excluding carboxylic acids is 2. The molecular formula is C23H24BrN3O6. The molecule has 1 unspecified atom stereocenters. The molecule has 10 heteroatoms. The summed E-state index contributed by atoms with van der Waals surface area (Å²) in [5.41, 5.74) is 0.918. The fourth-order valence-corrected chi connectivity index (χ4v) is 3.86. The highest BCUT2D eigenvalue weighted by atomic mass is 79.9. The molecule has 0 bridgehead atoms. The summed E-state index contributed by atoms with van der Waals surface area (Å²) in [6.45, 7) is 3.54. The maximum atomic E-state index is 13.1. The fourth-order valence-electron chi connectivity index (χ4n) is 3.36. The number of nitrogens with zero attached hydrogens (tertiary/aromatic N) is 3. The molecule has 0 saturated carbocycles. The van der Waals surface area contributed by atoms with E-state index >= 15 is 0 Å². The van der Waals surface area contributed by atoms with Crippen LogP contribution < -0.4 is 11.2 Å². The maximum Gasteiger partial charge on any atom is 0.332 e. The van der Waals surface area contributed by atoms with Gasteiger partial charge in [0, 0.05) is 6.20 Å². The SMILES string of the molecule is CCOC(=O)Cn1c(=O)c2ncccc2n(Cc2ccc(CC(Br)C(=O)OCC)cc2)c1=O. The molecule has 1 aromatic carbocycles. The maximum absolute atomic E-state index is 13.1. The summed E-state index contributed by atoms with van der Waals surface area (Å²) < 4.78 is 12.2. The average molecular weight is 518 g/mol. The lowest BCUT2D eigenvalue weighted by molar-refractivity contribution is -0.144. The van der Waals surface area contributed by atoms with Crippen LogP contribution >= 0.6 is 15.9 Å². The summed E-state index contributed by atoms with van der Waals surface area (Å²) in [5.74, 6) is -0.996. The van der Waals surface area contributed by atoms with Crippen molar-refractivity contribution in [1.29, 1.82) is 0 Å². The molecule has 3 aromatic rings. The van der Waals surface area contributed by atoms with Gasteiger partial charge in [0.25, 0.3) is 5.56 Å². The van der Waals surface area contributed by atoms with Crippen LogP contribution in [0.1, 0.15) is 25.0 Å². The van der Waals surface area contributed by atoms with Gasteiger partial charge in [0.15, 0.2) is 5.52 Å². The minimum absolute atomic E-state index is 0.0922. The van der Waals surface area contributed by atoms with Gasteiger partial charge in [0.05, 0.1) is 25.3 Å². The summed E-state index contributed by atoms with van der Waals surface area (Å²) in [6.07, 6.45) is 1.92. The molecule has 2 heterocycles. The van der Waals surface area contributed by atoms with Crippen molar-refractivity contribution in [3.05, 3.63) is 74.6 Å². The molecular weight excluding hydrogens is 494 g/mol. The highest BCUT2D eigenvalue weighted by Gasteiger charge is 2.18. The molecule has 0 aliphatic carbocycles. The topological polar surface area (TPSA) is 109 Å². The fraction of sp³-hybridized carbons (Fsp3) is 0.348. The molecule has 0 aliphatic heterocycles. The van der Waals surface area contributed by atoms with Gasteiger partial charge in [0.1, 0.15) is 11.4 Å². The van der Waals surface area contributed by atoms with Crippen LogP contribution in [0.3, 0.4) is 0 Å². The summed E-state index contributed by atoms with van der Waals surface area (Å²) in [4.78, 5) is 53.4. The van der Waals surface area contributed by atoms with Crippen molar-refractivity contribution >= 4 is 38.9 Å². The zero-order valence-corrected chi connectivity index (χ0v) is 19.9. The Balaban J connectivity index is 1.92. The van der Waals surface area contributed by atoms with E-state index in [1.54, 1.807) is 26.0 Å². The standard InChI is InChI=1S/C23H24BrN3O6/c1-3-32-19(28)14-27-21(29)20-18(6-5-11-25-20)26(23(27)31)13-16-9-7-15(8-10-16)12-17(24)22(30)33-4-2/h5-11,17H,3-4,12-14H2,1-2H3. The molecule has 0 amide bonds. The van der Waals surface area contributed by atoms with Crippen molar-refractivity contribution in [3.63, 3.8) is 0 Å². The van der Waals surface area contributed by atoms with Crippen molar-refractivity contribution in [3.8, 4) is 0 Å². The number of benzene rings is 1. The second-order valence-corrected chi connectivity index (χ2v) is 8.28. The number of halogens is 1. The van der Waals surface area contributed by atoms with Crippen LogP contribution in [-0.2, 0) is 38.6 Å². The first-order chi connectivity index (χ1) is 15.8. The number of carbonyl (C=O) groups is 2. The zero-order valence-electron chi connectivity index (χ0n) is 18.3. The van der Waals surface area contributed by atoms with E-state index in [4.69, 9.17) is 9.47 Å². The van der Waals surface area contributed by atoms with Gasteiger partial charge in [-0.05, 0) is 43.5 Å². The van der Waals surface area contributed by atoms with E-state index in [1.165, 1.54) is 10.8 Å². The second kappa shape index (κ2) is 11.0. The highest BCUT2D eigenvalue weighted by molar-refractivity contribution is 9.10. The summed E-state index contributed by atoms with van der Waals surface area (Å²) in [7, 11) is 0. The van der Waals surface area contributed by atoms with Gasteiger partial charge in [0.2, 0.25) is 0 Å². The van der Waals surface area contributed by atoms with Crippen LogP contribution in [0.2, 0.25) is 0 Å². The van der Waals surface area contributed by atoms with Crippen molar-refractivity contribution in [2.45, 2.75) is 38.2 Å². The third-order valence-electron chi connectivity index (χ3n) is 4.90. The van der Waals surface area contributed by atoms with E-state index < -0.39 is 28.6 Å². The lowest BCUT2D eigenvalue weighted by Gasteiger charge is -2.14. The lowest BCUT2D eigenvalue weighted by Crippen LogP contribution is -2.42. The van der Waals surface area contributed by atoms with Gasteiger partial charge >= 0.3 is 17.6 Å². The quantitative estimate of drug-likeness (QED) is 0.315. The van der Waals surface area contributed by atoms with Crippen LogP contribution in [0.4, 0.5) is 0 Å². The van der Waals surface area contributed by atoms with Gasteiger partial charge in [-0.1, -0.05) is 40.2 Å². The zero-order chi connectivity index (χ0) is 24.0. The monoisotopic (exact) mass is 517 g/mol. The minimum Gasteiger partial charge on any atom is -0.465 e. The first kappa shape index (κ1) is 24.4. The number of hydrogen-bond donors (Lipinski definition) is 0. The van der Waals surface area contributed by atoms with Crippen molar-refractivity contribution in [2.24, 2.45) is 0 Å². The van der Waals surface area contributed by atoms with Crippen LogP contribution in [0, 0.1) is 0 Å². The van der Waals surface area contributed by atoms with Gasteiger partial charge in [-0.3, -0.25) is 19.0 Å². The number of rotatable bonds is 9. The van der Waals surface area contributed by atoms with E-state index in [0.29, 0.717) is 18.5 Å². The molecule has 33 heavy (non-hydrogen) atoms. The Bertz CT molecular complexity index is 1270. The molecule has 0 spiro atoms. The lowest BCUT2D eigenvalue weighted by atomic mass is 10.1. The number of fused-ring (bicyclic) bond motifs is 1. The highest BCUT2D eigenvalue weighted by Crippen LogP contribution is 2.14. The Morgan fingerprint density at radius 3 is 2.33 bits per heavy atom. The van der Waals surface area contributed by atoms with Crippen molar-refractivity contribution in [1.82, 2.24) is 14.1 Å². The van der Waals surface area contributed by atoms with Gasteiger partial charge in [-0.25, -0.2) is 14.3 Å². The third-order valence-corrected chi connectivity index (χ3v) is 5.60. The number of pyridine rings is 1. The van der Waals surface area contributed by atoms with Crippen LogP contribution in [-0.4, -0.2) is 44.1 Å². The molecule has 0 saturated heterocycles. The predicted octanol–water partition coefficient (Wildman–Crippen LogP) is 2.04. The molecule has 9 nitrogen and oxygen atoms in total. The van der Waals surface area contributed by atoms with Gasteiger partial charge in [-0.15, -0.1) is 0 Å². The van der Waals surface area contributed by atoms with E-state index in [-0.39, 0.29) is 24.6 Å². The molecule has 2 aromatic heterocycles. The summed E-state index contributed by atoms with van der Waals surface area (Å²) >= 11 is 3.34.